The number of hydrogen-bond acceptors (Lipinski definition) is 4. The molecule has 1 saturated heterocycles. The summed E-state index contributed by atoms with van der Waals surface area (Å²) in [6.45, 7) is 1.39. The van der Waals surface area contributed by atoms with E-state index in [1.165, 1.54) is 37.7 Å². The Morgan fingerprint density at radius 3 is 2.21 bits per heavy atom. The first-order valence-electron chi connectivity index (χ1n) is 13.7. The largest absolute Gasteiger partial charge is 0.478 e. The Hall–Kier alpha value is -3.48. The van der Waals surface area contributed by atoms with Gasteiger partial charge in [0.1, 0.15) is 0 Å². The molecular formula is C32H36N2O4. The highest BCUT2D eigenvalue weighted by Gasteiger charge is 2.45. The summed E-state index contributed by atoms with van der Waals surface area (Å²) < 4.78 is 6.34. The smallest absolute Gasteiger partial charge is 0.335 e. The molecule has 6 heteroatoms. The SMILES string of the molecule is O=C(O)c1ccc(N(Cc2ccc(C3CCCCC3)cc2)C(=O)C2(OCc3ccccc3)CCCN2)cc1. The number of carboxylic acid groups (broad SMARTS) is 1. The third-order valence-electron chi connectivity index (χ3n) is 7.86. The number of carbonyl (C=O) groups excluding carboxylic acids is 1. The lowest BCUT2D eigenvalue weighted by molar-refractivity contribution is -0.149. The van der Waals surface area contributed by atoms with E-state index in [4.69, 9.17) is 4.74 Å². The van der Waals surface area contributed by atoms with Crippen LogP contribution in [0, 0.1) is 0 Å². The molecule has 1 aliphatic carbocycles. The Bertz CT molecular complexity index is 1210. The number of ether oxygens (including phenoxy) is 1. The molecule has 0 bridgehead atoms. The van der Waals surface area contributed by atoms with Crippen LogP contribution in [0.15, 0.2) is 78.9 Å². The lowest BCUT2D eigenvalue weighted by Gasteiger charge is -2.35. The maximum absolute atomic E-state index is 14.2. The number of amides is 1. The lowest BCUT2D eigenvalue weighted by Crippen LogP contribution is -2.56. The van der Waals surface area contributed by atoms with Crippen LogP contribution in [0.1, 0.15) is 77.9 Å². The van der Waals surface area contributed by atoms with Gasteiger partial charge in [0.05, 0.1) is 18.7 Å². The lowest BCUT2D eigenvalue weighted by atomic mass is 9.84. The number of aromatic carboxylic acids is 1. The number of benzene rings is 3. The zero-order valence-electron chi connectivity index (χ0n) is 21.8. The molecule has 1 atom stereocenters. The van der Waals surface area contributed by atoms with E-state index >= 15 is 0 Å². The maximum atomic E-state index is 14.2. The van der Waals surface area contributed by atoms with Crippen LogP contribution in [0.4, 0.5) is 5.69 Å². The molecule has 1 saturated carbocycles. The van der Waals surface area contributed by atoms with Crippen molar-refractivity contribution in [3.63, 3.8) is 0 Å². The molecular weight excluding hydrogens is 476 g/mol. The van der Waals surface area contributed by atoms with E-state index in [0.717, 1.165) is 17.5 Å². The van der Waals surface area contributed by atoms with Crippen molar-refractivity contribution >= 4 is 17.6 Å². The standard InChI is InChI=1S/C32H36N2O4/c35-30(36)28-16-18-29(19-17-28)34(22-24-12-14-27(15-13-24)26-10-5-2-6-11-26)31(37)32(20-7-21-33-32)38-23-25-8-3-1-4-9-25/h1,3-4,8-9,12-19,26,33H,2,5-7,10-11,20-23H2,(H,35,36). The van der Waals surface area contributed by atoms with Gasteiger partial charge >= 0.3 is 5.97 Å². The van der Waals surface area contributed by atoms with E-state index in [1.807, 2.05) is 30.3 Å². The average molecular weight is 513 g/mol. The van der Waals surface area contributed by atoms with Gasteiger partial charge in [0.25, 0.3) is 5.91 Å². The van der Waals surface area contributed by atoms with E-state index in [-0.39, 0.29) is 11.5 Å². The van der Waals surface area contributed by atoms with Crippen molar-refractivity contribution in [3.05, 3.63) is 101 Å². The summed E-state index contributed by atoms with van der Waals surface area (Å²) in [5.41, 5.74) is 3.10. The summed E-state index contributed by atoms with van der Waals surface area (Å²) in [6, 6.07) is 25.0. The second-order valence-corrected chi connectivity index (χ2v) is 10.5. The van der Waals surface area contributed by atoms with Gasteiger partial charge in [0.2, 0.25) is 0 Å². The highest BCUT2D eigenvalue weighted by molar-refractivity contribution is 6.00. The fourth-order valence-electron chi connectivity index (χ4n) is 5.66. The summed E-state index contributed by atoms with van der Waals surface area (Å²) in [6.07, 6.45) is 7.80. The van der Waals surface area contributed by atoms with Gasteiger partial charge in [-0.2, -0.15) is 0 Å². The zero-order valence-corrected chi connectivity index (χ0v) is 21.8. The van der Waals surface area contributed by atoms with Crippen LogP contribution < -0.4 is 10.2 Å². The fourth-order valence-corrected chi connectivity index (χ4v) is 5.66. The van der Waals surface area contributed by atoms with E-state index in [1.54, 1.807) is 29.2 Å². The molecule has 1 heterocycles. The summed E-state index contributed by atoms with van der Waals surface area (Å²) in [7, 11) is 0. The van der Waals surface area contributed by atoms with Gasteiger partial charge in [-0.25, -0.2) is 4.79 Å². The third kappa shape index (κ3) is 5.98. The molecule has 5 rings (SSSR count). The number of carboxylic acids is 1. The van der Waals surface area contributed by atoms with Gasteiger partial charge in [0, 0.05) is 12.1 Å². The molecule has 38 heavy (non-hydrogen) atoms. The Morgan fingerprint density at radius 1 is 0.868 bits per heavy atom. The first kappa shape index (κ1) is 26.1. The van der Waals surface area contributed by atoms with Gasteiger partial charge in [-0.3, -0.25) is 10.1 Å². The quantitative estimate of drug-likeness (QED) is 0.354. The topological polar surface area (TPSA) is 78.9 Å². The molecule has 0 radical (unpaired) electrons. The Morgan fingerprint density at radius 2 is 1.58 bits per heavy atom. The highest BCUT2D eigenvalue weighted by atomic mass is 16.5. The number of hydrogen-bond donors (Lipinski definition) is 2. The van der Waals surface area contributed by atoms with E-state index in [2.05, 4.69) is 29.6 Å². The van der Waals surface area contributed by atoms with Crippen molar-refractivity contribution in [2.45, 2.75) is 69.7 Å². The number of carbonyl (C=O) groups is 2. The summed E-state index contributed by atoms with van der Waals surface area (Å²) in [5, 5.41) is 12.7. The summed E-state index contributed by atoms with van der Waals surface area (Å²) in [5.74, 6) is -0.533. The van der Waals surface area contributed by atoms with Crippen molar-refractivity contribution in [2.75, 3.05) is 11.4 Å². The van der Waals surface area contributed by atoms with E-state index in [9.17, 15) is 14.7 Å². The zero-order chi connectivity index (χ0) is 26.4. The molecule has 1 aliphatic heterocycles. The average Bonchev–Trinajstić information content (AvgIpc) is 3.46. The van der Waals surface area contributed by atoms with Gasteiger partial charge in [-0.05, 0) is 72.7 Å². The predicted molar refractivity (Wildman–Crippen MR) is 148 cm³/mol. The van der Waals surface area contributed by atoms with Crippen LogP contribution in [0.2, 0.25) is 0 Å². The fraction of sp³-hybridized carbons (Fsp3) is 0.375. The van der Waals surface area contributed by atoms with E-state index < -0.39 is 11.7 Å². The van der Waals surface area contributed by atoms with Crippen molar-refractivity contribution in [2.24, 2.45) is 0 Å². The van der Waals surface area contributed by atoms with Crippen molar-refractivity contribution in [1.29, 1.82) is 0 Å². The molecule has 3 aromatic rings. The molecule has 0 spiro atoms. The molecule has 2 N–H and O–H groups in total. The normalized spacial score (nSPS) is 19.8. The second kappa shape index (κ2) is 11.9. The Balaban J connectivity index is 1.41. The molecule has 2 fully saturated rings. The van der Waals surface area contributed by atoms with Gasteiger partial charge < -0.3 is 14.7 Å². The van der Waals surface area contributed by atoms with Crippen molar-refractivity contribution < 1.29 is 19.4 Å². The van der Waals surface area contributed by atoms with E-state index in [0.29, 0.717) is 37.7 Å². The summed E-state index contributed by atoms with van der Waals surface area (Å²) in [4.78, 5) is 27.4. The first-order valence-corrected chi connectivity index (χ1v) is 13.7. The molecule has 1 unspecified atom stereocenters. The van der Waals surface area contributed by atoms with Crippen LogP contribution in [-0.4, -0.2) is 29.3 Å². The van der Waals surface area contributed by atoms with Gasteiger partial charge in [-0.15, -0.1) is 0 Å². The van der Waals surface area contributed by atoms with Gasteiger partial charge in [-0.1, -0.05) is 73.9 Å². The predicted octanol–water partition coefficient (Wildman–Crippen LogP) is 6.26. The minimum Gasteiger partial charge on any atom is -0.478 e. The van der Waals surface area contributed by atoms with Gasteiger partial charge in [0.15, 0.2) is 5.72 Å². The first-order chi connectivity index (χ1) is 18.5. The molecule has 1 amide bonds. The minimum absolute atomic E-state index is 0.162. The van der Waals surface area contributed by atoms with Crippen molar-refractivity contribution in [3.8, 4) is 0 Å². The Labute approximate surface area is 224 Å². The number of nitrogens with zero attached hydrogens (tertiary/aromatic N) is 1. The molecule has 198 valence electrons. The highest BCUT2D eigenvalue weighted by Crippen LogP contribution is 2.33. The number of rotatable bonds is 9. The Kier molecular flexibility index (Phi) is 8.20. The molecule has 2 aliphatic rings. The van der Waals surface area contributed by atoms with Crippen LogP contribution >= 0.6 is 0 Å². The monoisotopic (exact) mass is 512 g/mol. The molecule has 0 aromatic heterocycles. The number of nitrogens with one attached hydrogen (secondary N) is 1. The number of anilines is 1. The molecule has 6 nitrogen and oxygen atoms in total. The van der Waals surface area contributed by atoms with Crippen LogP contribution in [-0.2, 0) is 22.7 Å². The molecule has 3 aromatic carbocycles. The summed E-state index contributed by atoms with van der Waals surface area (Å²) >= 11 is 0. The van der Waals surface area contributed by atoms with Crippen LogP contribution in [0.25, 0.3) is 0 Å². The van der Waals surface area contributed by atoms with Crippen LogP contribution in [0.3, 0.4) is 0 Å². The third-order valence-corrected chi connectivity index (χ3v) is 7.86. The van der Waals surface area contributed by atoms with Crippen LogP contribution in [0.5, 0.6) is 0 Å². The second-order valence-electron chi connectivity index (χ2n) is 10.5. The maximum Gasteiger partial charge on any atom is 0.335 e. The van der Waals surface area contributed by atoms with Crippen molar-refractivity contribution in [1.82, 2.24) is 5.32 Å². The minimum atomic E-state index is -1.14.